The van der Waals surface area contributed by atoms with E-state index in [2.05, 4.69) is 10.3 Å². The van der Waals surface area contributed by atoms with E-state index in [9.17, 15) is 18.4 Å². The van der Waals surface area contributed by atoms with Crippen molar-refractivity contribution in [1.29, 1.82) is 0 Å². The Morgan fingerprint density at radius 3 is 2.69 bits per heavy atom. The van der Waals surface area contributed by atoms with E-state index in [1.807, 2.05) is 18.2 Å². The number of benzene rings is 2. The summed E-state index contributed by atoms with van der Waals surface area (Å²) < 4.78 is 34.1. The van der Waals surface area contributed by atoms with Gasteiger partial charge in [0.15, 0.2) is 5.16 Å². The molecule has 2 aromatic carbocycles. The Hall–Kier alpha value is -3.24. The number of hydrogen-bond acceptors (Lipinski definition) is 6. The highest BCUT2D eigenvalue weighted by Crippen LogP contribution is 2.24. The molecule has 4 rings (SSSR count). The topological polar surface area (TPSA) is 73.2 Å². The van der Waals surface area contributed by atoms with Crippen LogP contribution in [0.5, 0.6) is 5.75 Å². The van der Waals surface area contributed by atoms with Gasteiger partial charge in [0.1, 0.15) is 22.1 Å². The van der Waals surface area contributed by atoms with Gasteiger partial charge in [-0.15, -0.1) is 11.3 Å². The van der Waals surface area contributed by atoms with Crippen LogP contribution in [0.15, 0.2) is 63.9 Å². The molecule has 0 aliphatic rings. The van der Waals surface area contributed by atoms with Gasteiger partial charge < -0.3 is 10.1 Å². The number of halogens is 2. The number of carbonyl (C=O) groups is 1. The summed E-state index contributed by atoms with van der Waals surface area (Å²) in [5.41, 5.74) is 1.13. The lowest BCUT2D eigenvalue weighted by atomic mass is 10.2. The summed E-state index contributed by atoms with van der Waals surface area (Å²) in [6.07, 6.45) is 0. The van der Waals surface area contributed by atoms with Gasteiger partial charge in [-0.25, -0.2) is 13.8 Å². The Morgan fingerprint density at radius 1 is 1.19 bits per heavy atom. The van der Waals surface area contributed by atoms with Crippen LogP contribution in [0.3, 0.4) is 0 Å². The van der Waals surface area contributed by atoms with Crippen LogP contribution in [0.25, 0.3) is 10.2 Å². The molecular formula is C22H17F2N3O3S2. The molecule has 0 unspecified atom stereocenters. The minimum absolute atomic E-state index is 0.0146. The second-order valence-electron chi connectivity index (χ2n) is 6.73. The Kier molecular flexibility index (Phi) is 6.52. The van der Waals surface area contributed by atoms with Crippen molar-refractivity contribution in [2.24, 2.45) is 0 Å². The van der Waals surface area contributed by atoms with Gasteiger partial charge in [0.25, 0.3) is 5.56 Å². The Balaban J connectivity index is 1.60. The fourth-order valence-corrected chi connectivity index (χ4v) is 4.71. The number of aromatic nitrogens is 2. The molecule has 1 N–H and O–H groups in total. The zero-order valence-electron chi connectivity index (χ0n) is 16.8. The molecule has 10 heteroatoms. The molecule has 4 aromatic rings. The van der Waals surface area contributed by atoms with E-state index in [1.165, 1.54) is 15.9 Å². The number of para-hydroxylation sites is 1. The van der Waals surface area contributed by atoms with Crippen LogP contribution in [0.2, 0.25) is 0 Å². The van der Waals surface area contributed by atoms with Crippen molar-refractivity contribution < 1.29 is 18.3 Å². The van der Waals surface area contributed by atoms with E-state index in [1.54, 1.807) is 24.6 Å². The smallest absolute Gasteiger partial charge is 0.272 e. The molecule has 0 fully saturated rings. The van der Waals surface area contributed by atoms with Crippen LogP contribution in [0.1, 0.15) is 5.56 Å². The Morgan fingerprint density at radius 2 is 1.94 bits per heavy atom. The highest BCUT2D eigenvalue weighted by atomic mass is 32.2. The van der Waals surface area contributed by atoms with Gasteiger partial charge in [0.2, 0.25) is 5.91 Å². The number of hydrogen-bond donors (Lipinski definition) is 1. The van der Waals surface area contributed by atoms with Crippen LogP contribution in [-0.2, 0) is 11.3 Å². The van der Waals surface area contributed by atoms with Crippen molar-refractivity contribution in [1.82, 2.24) is 9.55 Å². The summed E-state index contributed by atoms with van der Waals surface area (Å²) in [6, 6.07) is 11.9. The molecule has 32 heavy (non-hydrogen) atoms. The maximum Gasteiger partial charge on any atom is 0.272 e. The van der Waals surface area contributed by atoms with Crippen molar-refractivity contribution >= 4 is 44.9 Å². The number of fused-ring (bicyclic) bond motifs is 1. The highest BCUT2D eigenvalue weighted by molar-refractivity contribution is 7.99. The van der Waals surface area contributed by atoms with Crippen molar-refractivity contribution in [3.05, 3.63) is 81.5 Å². The number of amides is 1. The number of methoxy groups -OCH3 is 1. The molecule has 0 aliphatic heterocycles. The van der Waals surface area contributed by atoms with E-state index in [0.29, 0.717) is 21.1 Å². The van der Waals surface area contributed by atoms with Crippen LogP contribution < -0.4 is 15.6 Å². The van der Waals surface area contributed by atoms with Gasteiger partial charge in [-0.05, 0) is 29.6 Å². The van der Waals surface area contributed by atoms with Gasteiger partial charge in [-0.1, -0.05) is 30.0 Å². The number of thiophene rings is 1. The average molecular weight is 474 g/mol. The molecule has 0 spiro atoms. The second-order valence-corrected chi connectivity index (χ2v) is 8.59. The summed E-state index contributed by atoms with van der Waals surface area (Å²) in [6.45, 7) is 0.211. The minimum atomic E-state index is -0.789. The zero-order chi connectivity index (χ0) is 22.7. The maximum absolute atomic E-state index is 13.4. The third-order valence-electron chi connectivity index (χ3n) is 4.53. The predicted molar refractivity (Wildman–Crippen MR) is 122 cm³/mol. The van der Waals surface area contributed by atoms with Crippen molar-refractivity contribution in [2.45, 2.75) is 11.7 Å². The van der Waals surface area contributed by atoms with Gasteiger partial charge in [-0.3, -0.25) is 14.2 Å². The summed E-state index contributed by atoms with van der Waals surface area (Å²) >= 11 is 2.36. The standard InChI is InChI=1S/C22H17F2N3O3S2/c1-30-18-5-3-2-4-13(18)11-27-21(29)20-17(6-7-31-20)26-22(27)32-12-19(28)25-16-9-14(23)8-15(24)10-16/h2-10H,11-12H2,1H3,(H,25,28). The lowest BCUT2D eigenvalue weighted by Crippen LogP contribution is -2.24. The normalized spacial score (nSPS) is 11.0. The van der Waals surface area contributed by atoms with E-state index >= 15 is 0 Å². The zero-order valence-corrected chi connectivity index (χ0v) is 18.4. The quantitative estimate of drug-likeness (QED) is 0.316. The van der Waals surface area contributed by atoms with E-state index in [-0.39, 0.29) is 23.5 Å². The number of anilines is 1. The largest absolute Gasteiger partial charge is 0.496 e. The molecule has 0 saturated heterocycles. The molecule has 0 atom stereocenters. The van der Waals surface area contributed by atoms with Crippen molar-refractivity contribution in [3.63, 3.8) is 0 Å². The van der Waals surface area contributed by atoms with Crippen LogP contribution >= 0.6 is 23.1 Å². The number of ether oxygens (including phenoxy) is 1. The van der Waals surface area contributed by atoms with Crippen LogP contribution in [0.4, 0.5) is 14.5 Å². The lowest BCUT2D eigenvalue weighted by molar-refractivity contribution is -0.113. The first-order valence-corrected chi connectivity index (χ1v) is 11.3. The number of nitrogens with zero attached hydrogens (tertiary/aromatic N) is 2. The molecular weight excluding hydrogens is 456 g/mol. The van der Waals surface area contributed by atoms with E-state index in [4.69, 9.17) is 4.74 Å². The van der Waals surface area contributed by atoms with Gasteiger partial charge in [0.05, 0.1) is 24.9 Å². The Bertz CT molecular complexity index is 1330. The first-order chi connectivity index (χ1) is 15.4. The van der Waals surface area contributed by atoms with E-state index in [0.717, 1.165) is 35.5 Å². The summed E-state index contributed by atoms with van der Waals surface area (Å²) in [5.74, 6) is -1.53. The third kappa shape index (κ3) is 4.81. The molecule has 164 valence electrons. The maximum atomic E-state index is 13.4. The van der Waals surface area contributed by atoms with Gasteiger partial charge in [-0.2, -0.15) is 0 Å². The monoisotopic (exact) mass is 473 g/mol. The first kappa shape index (κ1) is 22.0. The number of rotatable bonds is 7. The third-order valence-corrected chi connectivity index (χ3v) is 6.40. The van der Waals surface area contributed by atoms with Crippen LogP contribution in [0, 0.1) is 11.6 Å². The number of nitrogens with one attached hydrogen (secondary N) is 1. The molecule has 6 nitrogen and oxygen atoms in total. The summed E-state index contributed by atoms with van der Waals surface area (Å²) in [5, 5.41) is 4.59. The van der Waals surface area contributed by atoms with Gasteiger partial charge >= 0.3 is 0 Å². The molecule has 0 bridgehead atoms. The molecule has 2 heterocycles. The summed E-state index contributed by atoms with van der Waals surface area (Å²) in [4.78, 5) is 30.0. The molecule has 0 saturated carbocycles. The number of carbonyl (C=O) groups excluding carboxylic acids is 1. The second kappa shape index (κ2) is 9.49. The minimum Gasteiger partial charge on any atom is -0.496 e. The highest BCUT2D eigenvalue weighted by Gasteiger charge is 2.16. The van der Waals surface area contributed by atoms with Crippen LogP contribution in [-0.4, -0.2) is 28.3 Å². The fraction of sp³-hybridized carbons (Fsp3) is 0.136. The van der Waals surface area contributed by atoms with E-state index < -0.39 is 17.5 Å². The van der Waals surface area contributed by atoms with Crippen molar-refractivity contribution in [3.8, 4) is 5.75 Å². The molecule has 2 aromatic heterocycles. The summed E-state index contributed by atoms with van der Waals surface area (Å²) in [7, 11) is 1.55. The molecule has 0 radical (unpaired) electrons. The fourth-order valence-electron chi connectivity index (χ4n) is 3.13. The molecule has 0 aliphatic carbocycles. The average Bonchev–Trinajstić information content (AvgIpc) is 3.23. The van der Waals surface area contributed by atoms with Gasteiger partial charge in [0, 0.05) is 17.3 Å². The molecule has 1 amide bonds. The number of thioether (sulfide) groups is 1. The van der Waals surface area contributed by atoms with Crippen molar-refractivity contribution in [2.75, 3.05) is 18.2 Å². The predicted octanol–water partition coefficient (Wildman–Crippen LogP) is 4.52. The lowest BCUT2D eigenvalue weighted by Gasteiger charge is -2.14. The SMILES string of the molecule is COc1ccccc1Cn1c(SCC(=O)Nc2cc(F)cc(F)c2)nc2ccsc2c1=O. The first-order valence-electron chi connectivity index (χ1n) is 9.43. The Labute approximate surface area is 189 Å².